The summed E-state index contributed by atoms with van der Waals surface area (Å²) in [5.74, 6) is -0.0796. The number of hydrogen-bond acceptors (Lipinski definition) is 5. The molecule has 0 atom stereocenters. The highest BCUT2D eigenvalue weighted by Gasteiger charge is 2.10. The zero-order valence-electron chi connectivity index (χ0n) is 7.76. The minimum Gasteiger partial charge on any atom is -0.464 e. The molecular weight excluding hydrogens is 184 g/mol. The average Bonchev–Trinajstić information content (AvgIpc) is 2.64. The van der Waals surface area contributed by atoms with Crippen molar-refractivity contribution in [1.29, 1.82) is 0 Å². The number of ether oxygens (including phenoxy) is 1. The van der Waals surface area contributed by atoms with Gasteiger partial charge in [-0.2, -0.15) is 0 Å². The lowest BCUT2D eigenvalue weighted by molar-refractivity contribution is 0.0594. The van der Waals surface area contributed by atoms with Crippen molar-refractivity contribution in [1.82, 2.24) is 19.6 Å². The Morgan fingerprint density at radius 2 is 2.36 bits per heavy atom. The number of nitrogens with zero attached hydrogens (tertiary/aromatic N) is 4. The molecule has 2 rings (SSSR count). The molecule has 0 bridgehead atoms. The van der Waals surface area contributed by atoms with Crippen LogP contribution in [0, 0.1) is 6.92 Å². The second kappa shape index (κ2) is 3.06. The van der Waals surface area contributed by atoms with Crippen LogP contribution < -0.4 is 0 Å². The maximum Gasteiger partial charge on any atom is 0.356 e. The molecule has 0 unspecified atom stereocenters. The summed E-state index contributed by atoms with van der Waals surface area (Å²) < 4.78 is 6.24. The van der Waals surface area contributed by atoms with E-state index in [1.165, 1.54) is 7.11 Å². The Kier molecular flexibility index (Phi) is 1.88. The van der Waals surface area contributed by atoms with Crippen LogP contribution in [0.1, 0.15) is 16.2 Å². The Morgan fingerprint density at radius 3 is 3.07 bits per heavy atom. The van der Waals surface area contributed by atoms with E-state index in [2.05, 4.69) is 19.9 Å². The Hall–Kier alpha value is -1.98. The van der Waals surface area contributed by atoms with Crippen LogP contribution in [0.2, 0.25) is 0 Å². The molecule has 0 fully saturated rings. The van der Waals surface area contributed by atoms with Crippen molar-refractivity contribution in [2.24, 2.45) is 0 Å². The van der Waals surface area contributed by atoms with Gasteiger partial charge >= 0.3 is 5.97 Å². The zero-order chi connectivity index (χ0) is 10.1. The predicted molar refractivity (Wildman–Crippen MR) is 46.9 cm³/mol. The van der Waals surface area contributed by atoms with Gasteiger partial charge in [-0.05, 0) is 13.0 Å². The lowest BCUT2D eigenvalue weighted by atomic mass is 10.3. The molecule has 0 aliphatic rings. The van der Waals surface area contributed by atoms with Gasteiger partial charge in [0.2, 0.25) is 0 Å². The van der Waals surface area contributed by atoms with Gasteiger partial charge in [0.1, 0.15) is 6.33 Å². The molecule has 6 heteroatoms. The first-order valence-electron chi connectivity index (χ1n) is 3.98. The summed E-state index contributed by atoms with van der Waals surface area (Å²) in [5, 5.41) is 7.44. The van der Waals surface area contributed by atoms with E-state index in [4.69, 9.17) is 0 Å². The molecule has 0 spiro atoms. The Bertz CT molecular complexity index is 491. The number of methoxy groups -OCH3 is 1. The van der Waals surface area contributed by atoms with Crippen LogP contribution in [0.5, 0.6) is 0 Å². The molecule has 6 nitrogen and oxygen atoms in total. The summed E-state index contributed by atoms with van der Waals surface area (Å²) in [4.78, 5) is 15.2. The van der Waals surface area contributed by atoms with Crippen LogP contribution in [0.4, 0.5) is 0 Å². The molecule has 0 N–H and O–H groups in total. The van der Waals surface area contributed by atoms with Crippen LogP contribution >= 0.6 is 0 Å². The molecule has 72 valence electrons. The molecule has 0 aliphatic carbocycles. The highest BCUT2D eigenvalue weighted by molar-refractivity contribution is 5.87. The van der Waals surface area contributed by atoms with Crippen molar-refractivity contribution in [3.8, 4) is 0 Å². The largest absolute Gasteiger partial charge is 0.464 e. The van der Waals surface area contributed by atoms with Crippen LogP contribution in [-0.2, 0) is 4.74 Å². The van der Waals surface area contributed by atoms with E-state index in [1.54, 1.807) is 16.8 Å². The number of carbonyl (C=O) groups is 1. The topological polar surface area (TPSA) is 69.4 Å². The van der Waals surface area contributed by atoms with Crippen molar-refractivity contribution in [3.05, 3.63) is 23.8 Å². The summed E-state index contributed by atoms with van der Waals surface area (Å²) >= 11 is 0. The van der Waals surface area contributed by atoms with Gasteiger partial charge in [-0.1, -0.05) is 0 Å². The van der Waals surface area contributed by atoms with Gasteiger partial charge in [0.15, 0.2) is 5.69 Å². The molecule has 2 aromatic rings. The van der Waals surface area contributed by atoms with Crippen molar-refractivity contribution < 1.29 is 9.53 Å². The van der Waals surface area contributed by atoms with Gasteiger partial charge in [-0.25, -0.2) is 9.78 Å². The number of fused-ring (bicyclic) bond motifs is 1. The average molecular weight is 192 g/mol. The Morgan fingerprint density at radius 1 is 1.57 bits per heavy atom. The van der Waals surface area contributed by atoms with Gasteiger partial charge in [-0.3, -0.25) is 4.40 Å². The number of hydrogen-bond donors (Lipinski definition) is 0. The molecule has 0 radical (unpaired) electrons. The quantitative estimate of drug-likeness (QED) is 0.604. The first-order valence-corrected chi connectivity index (χ1v) is 3.98. The van der Waals surface area contributed by atoms with E-state index in [1.807, 2.05) is 6.92 Å². The number of aromatic nitrogens is 4. The monoisotopic (exact) mass is 192 g/mol. The molecule has 0 amide bonds. The fourth-order valence-corrected chi connectivity index (χ4v) is 1.17. The lowest BCUT2D eigenvalue weighted by Gasteiger charge is -2.01. The zero-order valence-corrected chi connectivity index (χ0v) is 7.76. The number of carbonyl (C=O) groups excluding carboxylic acids is 1. The summed E-state index contributed by atoms with van der Waals surface area (Å²) in [6, 6.07) is 1.63. The smallest absolute Gasteiger partial charge is 0.356 e. The Labute approximate surface area is 79.5 Å². The minimum absolute atomic E-state index is 0.241. The summed E-state index contributed by atoms with van der Waals surface area (Å²) in [6.07, 6.45) is 1.54. The number of esters is 1. The van der Waals surface area contributed by atoms with Crippen molar-refractivity contribution in [2.75, 3.05) is 7.11 Å². The predicted octanol–water partition coefficient (Wildman–Crippen LogP) is 0.219. The third-order valence-corrected chi connectivity index (χ3v) is 1.87. The van der Waals surface area contributed by atoms with E-state index in [-0.39, 0.29) is 5.69 Å². The third-order valence-electron chi connectivity index (χ3n) is 1.87. The molecule has 0 aliphatic heterocycles. The second-order valence-corrected chi connectivity index (χ2v) is 2.78. The molecule has 2 aromatic heterocycles. The summed E-state index contributed by atoms with van der Waals surface area (Å²) in [6.45, 7) is 1.84. The normalized spacial score (nSPS) is 10.4. The molecule has 0 saturated carbocycles. The van der Waals surface area contributed by atoms with Crippen molar-refractivity contribution >= 4 is 11.7 Å². The van der Waals surface area contributed by atoms with Crippen LogP contribution in [0.15, 0.2) is 12.4 Å². The van der Waals surface area contributed by atoms with Gasteiger partial charge in [0, 0.05) is 5.69 Å². The van der Waals surface area contributed by atoms with Crippen LogP contribution in [0.3, 0.4) is 0 Å². The second-order valence-electron chi connectivity index (χ2n) is 2.78. The lowest BCUT2D eigenvalue weighted by Crippen LogP contribution is -2.07. The van der Waals surface area contributed by atoms with Gasteiger partial charge < -0.3 is 4.74 Å². The molecule has 0 aromatic carbocycles. The third kappa shape index (κ3) is 1.20. The van der Waals surface area contributed by atoms with Gasteiger partial charge in [0.05, 0.1) is 7.11 Å². The fourth-order valence-electron chi connectivity index (χ4n) is 1.17. The first kappa shape index (κ1) is 8.61. The number of rotatable bonds is 1. The van der Waals surface area contributed by atoms with E-state index in [0.29, 0.717) is 5.78 Å². The standard InChI is InChI=1S/C8H8N4O2/c1-5-3-6(7(13)14-2)10-8-11-9-4-12(5)8/h3-4H,1-2H3. The Balaban J connectivity index is 2.64. The summed E-state index contributed by atoms with van der Waals surface area (Å²) in [5.41, 5.74) is 1.07. The van der Waals surface area contributed by atoms with Crippen molar-refractivity contribution in [3.63, 3.8) is 0 Å². The van der Waals surface area contributed by atoms with Gasteiger partial charge in [-0.15, -0.1) is 10.2 Å². The van der Waals surface area contributed by atoms with E-state index < -0.39 is 5.97 Å². The van der Waals surface area contributed by atoms with E-state index >= 15 is 0 Å². The molecule has 14 heavy (non-hydrogen) atoms. The van der Waals surface area contributed by atoms with Crippen molar-refractivity contribution in [2.45, 2.75) is 6.92 Å². The fraction of sp³-hybridized carbons (Fsp3) is 0.250. The molecule has 0 saturated heterocycles. The minimum atomic E-state index is -0.474. The highest BCUT2D eigenvalue weighted by Crippen LogP contribution is 2.05. The van der Waals surface area contributed by atoms with E-state index in [9.17, 15) is 4.79 Å². The summed E-state index contributed by atoms with van der Waals surface area (Å²) in [7, 11) is 1.31. The van der Waals surface area contributed by atoms with Crippen LogP contribution in [-0.4, -0.2) is 32.7 Å². The maximum atomic E-state index is 11.2. The molecular formula is C8H8N4O2. The van der Waals surface area contributed by atoms with Crippen LogP contribution in [0.25, 0.3) is 5.78 Å². The van der Waals surface area contributed by atoms with E-state index in [0.717, 1.165) is 5.69 Å². The number of aryl methyl sites for hydroxylation is 1. The first-order chi connectivity index (χ1) is 6.72. The van der Waals surface area contributed by atoms with Gasteiger partial charge in [0.25, 0.3) is 5.78 Å². The SMILES string of the molecule is COC(=O)c1cc(C)n2cnnc2n1. The highest BCUT2D eigenvalue weighted by atomic mass is 16.5. The molecule has 2 heterocycles. The maximum absolute atomic E-state index is 11.2.